The molecule has 0 unspecified atom stereocenters. The van der Waals surface area contributed by atoms with Crippen molar-refractivity contribution >= 4 is 17.6 Å². The van der Waals surface area contributed by atoms with E-state index in [2.05, 4.69) is 0 Å². The van der Waals surface area contributed by atoms with E-state index in [1.165, 1.54) is 6.26 Å². The molecule has 23 heavy (non-hydrogen) atoms. The molecule has 0 N–H and O–H groups in total. The van der Waals surface area contributed by atoms with Crippen LogP contribution >= 0.6 is 0 Å². The molecule has 0 aromatic heterocycles. The maximum atomic E-state index is 12.7. The minimum atomic E-state index is -0.900. The average Bonchev–Trinajstić information content (AvgIpc) is 2.90. The predicted molar refractivity (Wildman–Crippen MR) is 82.6 cm³/mol. The molecule has 0 radical (unpaired) electrons. The Hall–Kier alpha value is -2.50. The van der Waals surface area contributed by atoms with Crippen LogP contribution in [0.3, 0.4) is 0 Å². The summed E-state index contributed by atoms with van der Waals surface area (Å²) in [7, 11) is 0. The molecule has 6 heteroatoms. The van der Waals surface area contributed by atoms with E-state index in [9.17, 15) is 9.59 Å². The fraction of sp³-hybridized carbons (Fsp3) is 0.412. The van der Waals surface area contributed by atoms with Crippen LogP contribution in [-0.2, 0) is 30.2 Å². The maximum Gasteiger partial charge on any atom is 0.377 e. The highest BCUT2D eigenvalue weighted by molar-refractivity contribution is 6.00. The number of esters is 1. The highest BCUT2D eigenvalue weighted by Crippen LogP contribution is 2.32. The van der Waals surface area contributed by atoms with E-state index in [-0.39, 0.29) is 17.7 Å². The molecule has 2 aliphatic rings. The Kier molecular flexibility index (Phi) is 4.23. The Morgan fingerprint density at radius 2 is 2.09 bits per heavy atom. The number of rotatable bonds is 3. The summed E-state index contributed by atoms with van der Waals surface area (Å²) in [5, 5.41) is 0. The van der Waals surface area contributed by atoms with Crippen LogP contribution in [0, 0.1) is 0 Å². The predicted octanol–water partition coefficient (Wildman–Crippen LogP) is 1.78. The van der Waals surface area contributed by atoms with Crippen LogP contribution in [0.1, 0.15) is 19.4 Å². The first-order valence-electron chi connectivity index (χ1n) is 7.64. The summed E-state index contributed by atoms with van der Waals surface area (Å²) in [5.41, 5.74) is 2.00. The topological polar surface area (TPSA) is 65.1 Å². The lowest BCUT2D eigenvalue weighted by Gasteiger charge is -2.26. The van der Waals surface area contributed by atoms with Crippen LogP contribution in [0.2, 0.25) is 0 Å². The van der Waals surface area contributed by atoms with Crippen molar-refractivity contribution in [2.45, 2.75) is 32.4 Å². The molecule has 2 aliphatic heterocycles. The van der Waals surface area contributed by atoms with Crippen LogP contribution in [0.5, 0.6) is 0 Å². The Labute approximate surface area is 134 Å². The van der Waals surface area contributed by atoms with Gasteiger partial charge in [0, 0.05) is 11.7 Å². The van der Waals surface area contributed by atoms with Crippen LogP contribution in [0.4, 0.5) is 5.69 Å². The maximum absolute atomic E-state index is 12.7. The number of amides is 1. The SMILES string of the molecule is C[C@H](OC(=O)C1=COCCO1)C(=O)N1c2ccccc2C[C@@H]1C. The van der Waals surface area contributed by atoms with Crippen LogP contribution < -0.4 is 4.90 Å². The number of para-hydroxylation sites is 1. The van der Waals surface area contributed by atoms with E-state index >= 15 is 0 Å². The van der Waals surface area contributed by atoms with Crippen molar-refractivity contribution in [3.05, 3.63) is 41.9 Å². The van der Waals surface area contributed by atoms with Gasteiger partial charge >= 0.3 is 5.97 Å². The second kappa shape index (κ2) is 6.32. The Morgan fingerprint density at radius 3 is 2.83 bits per heavy atom. The molecule has 1 amide bonds. The quantitative estimate of drug-likeness (QED) is 0.795. The van der Waals surface area contributed by atoms with E-state index in [1.807, 2.05) is 31.2 Å². The van der Waals surface area contributed by atoms with E-state index in [0.29, 0.717) is 13.2 Å². The van der Waals surface area contributed by atoms with Crippen molar-refractivity contribution < 1.29 is 23.8 Å². The van der Waals surface area contributed by atoms with Gasteiger partial charge in [0.15, 0.2) is 6.10 Å². The monoisotopic (exact) mass is 317 g/mol. The summed E-state index contributed by atoms with van der Waals surface area (Å²) in [6, 6.07) is 7.80. The number of carbonyl (C=O) groups excluding carboxylic acids is 2. The van der Waals surface area contributed by atoms with Gasteiger partial charge in [-0.15, -0.1) is 0 Å². The molecule has 6 nitrogen and oxygen atoms in total. The van der Waals surface area contributed by atoms with Gasteiger partial charge in [0.1, 0.15) is 19.5 Å². The number of carbonyl (C=O) groups is 2. The Bertz CT molecular complexity index is 654. The molecule has 2 atom stereocenters. The molecular weight excluding hydrogens is 298 g/mol. The van der Waals surface area contributed by atoms with Crippen LogP contribution in [0.25, 0.3) is 0 Å². The summed E-state index contributed by atoms with van der Waals surface area (Å²) in [5.74, 6) is -0.940. The first-order valence-corrected chi connectivity index (χ1v) is 7.64. The Balaban J connectivity index is 1.70. The number of hydrogen-bond donors (Lipinski definition) is 0. The standard InChI is InChI=1S/C17H19NO5/c1-11-9-13-5-3-4-6-14(13)18(11)16(19)12(2)23-17(20)15-10-21-7-8-22-15/h3-6,10-12H,7-9H2,1-2H3/t11-,12-/m0/s1. The molecule has 0 spiro atoms. The minimum absolute atomic E-state index is 0.00855. The third-order valence-corrected chi connectivity index (χ3v) is 3.93. The van der Waals surface area contributed by atoms with Gasteiger partial charge in [-0.05, 0) is 31.9 Å². The van der Waals surface area contributed by atoms with Gasteiger partial charge in [-0.1, -0.05) is 18.2 Å². The molecule has 1 aromatic rings. The third-order valence-electron chi connectivity index (χ3n) is 3.93. The fourth-order valence-corrected chi connectivity index (χ4v) is 2.84. The van der Waals surface area contributed by atoms with Crippen LogP contribution in [0.15, 0.2) is 36.3 Å². The van der Waals surface area contributed by atoms with E-state index in [1.54, 1.807) is 11.8 Å². The summed E-state index contributed by atoms with van der Waals surface area (Å²) >= 11 is 0. The smallest absolute Gasteiger partial charge is 0.377 e. The largest absolute Gasteiger partial charge is 0.493 e. The molecule has 0 aliphatic carbocycles. The summed E-state index contributed by atoms with van der Waals surface area (Å²) in [6.07, 6.45) is 1.11. The highest BCUT2D eigenvalue weighted by Gasteiger charge is 2.35. The molecule has 0 fully saturated rings. The molecule has 122 valence electrons. The number of fused-ring (bicyclic) bond motifs is 1. The lowest BCUT2D eigenvalue weighted by molar-refractivity contribution is -0.154. The second-order valence-electron chi connectivity index (χ2n) is 5.64. The van der Waals surface area contributed by atoms with Gasteiger partial charge in [-0.3, -0.25) is 4.79 Å². The minimum Gasteiger partial charge on any atom is -0.493 e. The van der Waals surface area contributed by atoms with Gasteiger partial charge in [0.2, 0.25) is 5.76 Å². The Morgan fingerprint density at radius 1 is 1.30 bits per heavy atom. The van der Waals surface area contributed by atoms with Crippen molar-refractivity contribution in [2.24, 2.45) is 0 Å². The van der Waals surface area contributed by atoms with Gasteiger partial charge in [-0.2, -0.15) is 0 Å². The molecule has 0 bridgehead atoms. The second-order valence-corrected chi connectivity index (χ2v) is 5.64. The normalized spacial score (nSPS) is 20.7. The molecule has 0 saturated carbocycles. The van der Waals surface area contributed by atoms with Crippen molar-refractivity contribution in [3.8, 4) is 0 Å². The first-order chi connectivity index (χ1) is 11.1. The third kappa shape index (κ3) is 3.02. The molecular formula is C17H19NO5. The molecule has 2 heterocycles. The number of nitrogens with zero attached hydrogens (tertiary/aromatic N) is 1. The van der Waals surface area contributed by atoms with Crippen molar-refractivity contribution in [1.82, 2.24) is 0 Å². The number of benzene rings is 1. The summed E-state index contributed by atoms with van der Waals surface area (Å²) in [4.78, 5) is 26.4. The summed E-state index contributed by atoms with van der Waals surface area (Å²) in [6.45, 7) is 4.23. The van der Waals surface area contributed by atoms with Gasteiger partial charge in [0.05, 0.1) is 0 Å². The lowest BCUT2D eigenvalue weighted by Crippen LogP contribution is -2.43. The van der Waals surface area contributed by atoms with Crippen molar-refractivity contribution in [1.29, 1.82) is 0 Å². The first kappa shape index (κ1) is 15.4. The number of anilines is 1. The zero-order chi connectivity index (χ0) is 16.4. The lowest BCUT2D eigenvalue weighted by atomic mass is 10.1. The van der Waals surface area contributed by atoms with E-state index in [4.69, 9.17) is 14.2 Å². The zero-order valence-corrected chi connectivity index (χ0v) is 13.2. The van der Waals surface area contributed by atoms with Crippen molar-refractivity contribution in [3.63, 3.8) is 0 Å². The fourth-order valence-electron chi connectivity index (χ4n) is 2.84. The average molecular weight is 317 g/mol. The van der Waals surface area contributed by atoms with E-state index in [0.717, 1.165) is 17.7 Å². The number of ether oxygens (including phenoxy) is 3. The zero-order valence-electron chi connectivity index (χ0n) is 13.2. The van der Waals surface area contributed by atoms with Crippen LogP contribution in [-0.4, -0.2) is 37.2 Å². The number of hydrogen-bond acceptors (Lipinski definition) is 5. The van der Waals surface area contributed by atoms with Gasteiger partial charge in [-0.25, -0.2) is 4.79 Å². The van der Waals surface area contributed by atoms with E-state index < -0.39 is 12.1 Å². The van der Waals surface area contributed by atoms with Gasteiger partial charge < -0.3 is 19.1 Å². The molecule has 3 rings (SSSR count). The van der Waals surface area contributed by atoms with Gasteiger partial charge in [0.25, 0.3) is 5.91 Å². The summed E-state index contributed by atoms with van der Waals surface area (Å²) < 4.78 is 15.4. The molecule has 1 aromatic carbocycles. The highest BCUT2D eigenvalue weighted by atomic mass is 16.6. The molecule has 0 saturated heterocycles. The van der Waals surface area contributed by atoms with Crippen molar-refractivity contribution in [2.75, 3.05) is 18.1 Å².